The van der Waals surface area contributed by atoms with Crippen molar-refractivity contribution in [1.29, 1.82) is 0 Å². The summed E-state index contributed by atoms with van der Waals surface area (Å²) in [7, 11) is 0. The van der Waals surface area contributed by atoms with Gasteiger partial charge >= 0.3 is 0 Å². The molecule has 3 aromatic carbocycles. The van der Waals surface area contributed by atoms with E-state index in [1.165, 1.54) is 11.3 Å². The molecule has 0 radical (unpaired) electrons. The normalized spacial score (nSPS) is 13.0. The number of nitrogens with zero attached hydrogens (tertiary/aromatic N) is 2. The number of hydrogen-bond donors (Lipinski definition) is 1. The van der Waals surface area contributed by atoms with Crippen molar-refractivity contribution in [3.8, 4) is 11.3 Å². The highest BCUT2D eigenvalue weighted by Crippen LogP contribution is 2.37. The largest absolute Gasteiger partial charge is 0.312 e. The fourth-order valence-electron chi connectivity index (χ4n) is 5.04. The number of rotatable bonds is 6. The second-order valence-electron chi connectivity index (χ2n) is 11.0. The van der Waals surface area contributed by atoms with Gasteiger partial charge in [0.2, 0.25) is 11.8 Å². The van der Waals surface area contributed by atoms with Crippen LogP contribution in [0.4, 0.5) is 10.8 Å². The molecule has 5 nitrogen and oxygen atoms in total. The van der Waals surface area contributed by atoms with Crippen LogP contribution >= 0.6 is 11.3 Å². The second-order valence-corrected chi connectivity index (χ2v) is 12.2. The number of thiazole rings is 1. The topological polar surface area (TPSA) is 62.3 Å². The molecule has 1 aliphatic rings. The van der Waals surface area contributed by atoms with E-state index in [1.54, 1.807) is 0 Å². The van der Waals surface area contributed by atoms with Gasteiger partial charge in [-0.05, 0) is 47.6 Å². The number of amides is 2. The molecule has 6 heteroatoms. The minimum atomic E-state index is -0.429. The lowest BCUT2D eigenvalue weighted by Gasteiger charge is -2.23. The van der Waals surface area contributed by atoms with Crippen molar-refractivity contribution in [2.75, 3.05) is 16.8 Å². The summed E-state index contributed by atoms with van der Waals surface area (Å²) in [5.41, 5.74) is 5.87. The summed E-state index contributed by atoms with van der Waals surface area (Å²) in [6.07, 6.45) is 1.36. The fourth-order valence-corrected chi connectivity index (χ4v) is 5.88. The Morgan fingerprint density at radius 3 is 2.21 bits per heavy atom. The van der Waals surface area contributed by atoms with Crippen molar-refractivity contribution >= 4 is 34.0 Å². The molecule has 0 aliphatic carbocycles. The van der Waals surface area contributed by atoms with Gasteiger partial charge in [-0.2, -0.15) is 0 Å². The lowest BCUT2D eigenvalue weighted by atomic mass is 9.90. The summed E-state index contributed by atoms with van der Waals surface area (Å²) in [5, 5.41) is 3.67. The van der Waals surface area contributed by atoms with Gasteiger partial charge in [0.05, 0.1) is 11.6 Å². The number of aromatic nitrogens is 1. The van der Waals surface area contributed by atoms with Crippen LogP contribution in [0.3, 0.4) is 0 Å². The molecule has 2 heterocycles. The molecule has 1 aromatic heterocycles. The van der Waals surface area contributed by atoms with E-state index in [0.717, 1.165) is 44.9 Å². The highest BCUT2D eigenvalue weighted by molar-refractivity contribution is 7.16. The van der Waals surface area contributed by atoms with Crippen molar-refractivity contribution < 1.29 is 9.59 Å². The van der Waals surface area contributed by atoms with Crippen LogP contribution in [0.25, 0.3) is 11.3 Å². The standard InChI is InChI=1S/C32H33N3O2S/c1-21-29(25-15-16-26-24(19-25)17-18-35(26)27(36)20-32(2,3)4)33-31(38-21)34-30(37)28(22-11-7-5-8-12-22)23-13-9-6-10-14-23/h5-16,19,28H,17-18,20H2,1-4H3,(H,33,34,37). The zero-order valence-electron chi connectivity index (χ0n) is 22.3. The van der Waals surface area contributed by atoms with Crippen molar-refractivity contribution in [2.45, 2.75) is 46.5 Å². The smallest absolute Gasteiger partial charge is 0.238 e. The number of fused-ring (bicyclic) bond motifs is 1. The number of carbonyl (C=O) groups is 2. The third-order valence-electron chi connectivity index (χ3n) is 6.79. The summed E-state index contributed by atoms with van der Waals surface area (Å²) in [4.78, 5) is 34.2. The average molecular weight is 524 g/mol. The minimum absolute atomic E-state index is 0.0433. The van der Waals surface area contributed by atoms with Crippen LogP contribution in [0.5, 0.6) is 0 Å². The molecule has 5 rings (SSSR count). The van der Waals surface area contributed by atoms with Crippen molar-refractivity contribution in [3.05, 3.63) is 100 Å². The number of anilines is 2. The van der Waals surface area contributed by atoms with Gasteiger partial charge in [0.15, 0.2) is 5.13 Å². The molecule has 38 heavy (non-hydrogen) atoms. The molecule has 0 unspecified atom stereocenters. The average Bonchev–Trinajstić information content (AvgIpc) is 3.47. The van der Waals surface area contributed by atoms with Crippen LogP contribution in [-0.2, 0) is 16.0 Å². The third-order valence-corrected chi connectivity index (χ3v) is 7.67. The summed E-state index contributed by atoms with van der Waals surface area (Å²) in [6.45, 7) is 9.02. The molecule has 1 N–H and O–H groups in total. The first-order valence-corrected chi connectivity index (χ1v) is 13.8. The Morgan fingerprint density at radius 2 is 1.61 bits per heavy atom. The Bertz CT molecular complexity index is 1420. The van der Waals surface area contributed by atoms with E-state index in [4.69, 9.17) is 4.98 Å². The SMILES string of the molecule is Cc1sc(NC(=O)C(c2ccccc2)c2ccccc2)nc1-c1ccc2c(c1)CCN2C(=O)CC(C)(C)C. The Hall–Kier alpha value is -3.77. The molecule has 0 spiro atoms. The van der Waals surface area contributed by atoms with Gasteiger partial charge in [0.1, 0.15) is 0 Å². The van der Waals surface area contributed by atoms with Gasteiger partial charge in [-0.25, -0.2) is 4.98 Å². The number of benzene rings is 3. The quantitative estimate of drug-likeness (QED) is 0.290. The zero-order valence-corrected chi connectivity index (χ0v) is 23.1. The maximum Gasteiger partial charge on any atom is 0.238 e. The van der Waals surface area contributed by atoms with Crippen LogP contribution in [0.15, 0.2) is 78.9 Å². The molecule has 0 saturated heterocycles. The lowest BCUT2D eigenvalue weighted by molar-refractivity contribution is -0.120. The van der Waals surface area contributed by atoms with E-state index < -0.39 is 5.92 Å². The van der Waals surface area contributed by atoms with Crippen LogP contribution in [0, 0.1) is 12.3 Å². The van der Waals surface area contributed by atoms with E-state index in [2.05, 4.69) is 32.2 Å². The Labute approximate surface area is 228 Å². The number of nitrogens with one attached hydrogen (secondary N) is 1. The summed E-state index contributed by atoms with van der Waals surface area (Å²) >= 11 is 1.48. The first kappa shape index (κ1) is 25.9. The van der Waals surface area contributed by atoms with Gasteiger partial charge in [0.25, 0.3) is 0 Å². The van der Waals surface area contributed by atoms with E-state index in [1.807, 2.05) is 84.6 Å². The lowest BCUT2D eigenvalue weighted by Crippen LogP contribution is -2.31. The first-order valence-electron chi connectivity index (χ1n) is 13.0. The molecule has 0 atom stereocenters. The number of carbonyl (C=O) groups excluding carboxylic acids is 2. The predicted molar refractivity (Wildman–Crippen MR) is 156 cm³/mol. The maximum absolute atomic E-state index is 13.5. The highest BCUT2D eigenvalue weighted by atomic mass is 32.1. The number of aryl methyl sites for hydroxylation is 1. The Balaban J connectivity index is 1.37. The van der Waals surface area contributed by atoms with Crippen LogP contribution in [0.2, 0.25) is 0 Å². The Kier molecular flexibility index (Phi) is 7.17. The van der Waals surface area contributed by atoms with Gasteiger partial charge in [-0.3, -0.25) is 9.59 Å². The summed E-state index contributed by atoms with van der Waals surface area (Å²) in [5.74, 6) is -0.364. The van der Waals surface area contributed by atoms with Crippen LogP contribution in [0.1, 0.15) is 54.7 Å². The van der Waals surface area contributed by atoms with Gasteiger partial charge in [0, 0.05) is 29.1 Å². The highest BCUT2D eigenvalue weighted by Gasteiger charge is 2.29. The molecular weight excluding hydrogens is 490 g/mol. The van der Waals surface area contributed by atoms with Crippen LogP contribution < -0.4 is 10.2 Å². The molecule has 0 fully saturated rings. The molecule has 4 aromatic rings. The third kappa shape index (κ3) is 5.55. The van der Waals surface area contributed by atoms with E-state index in [0.29, 0.717) is 18.1 Å². The van der Waals surface area contributed by atoms with Gasteiger partial charge in [-0.15, -0.1) is 11.3 Å². The van der Waals surface area contributed by atoms with Crippen molar-refractivity contribution in [3.63, 3.8) is 0 Å². The van der Waals surface area contributed by atoms with Crippen molar-refractivity contribution in [2.24, 2.45) is 5.41 Å². The maximum atomic E-state index is 13.5. The molecular formula is C32H33N3O2S. The number of hydrogen-bond acceptors (Lipinski definition) is 4. The van der Waals surface area contributed by atoms with Crippen molar-refractivity contribution in [1.82, 2.24) is 4.98 Å². The van der Waals surface area contributed by atoms with Gasteiger partial charge in [-0.1, -0.05) is 87.5 Å². The van der Waals surface area contributed by atoms with Gasteiger partial charge < -0.3 is 10.2 Å². The molecule has 194 valence electrons. The monoisotopic (exact) mass is 523 g/mol. The molecule has 0 bridgehead atoms. The fraction of sp³-hybridized carbons (Fsp3) is 0.281. The molecule has 2 amide bonds. The predicted octanol–water partition coefficient (Wildman–Crippen LogP) is 7.21. The Morgan fingerprint density at radius 1 is 0.974 bits per heavy atom. The molecule has 1 aliphatic heterocycles. The van der Waals surface area contributed by atoms with Crippen LogP contribution in [-0.4, -0.2) is 23.3 Å². The minimum Gasteiger partial charge on any atom is -0.312 e. The molecule has 0 saturated carbocycles. The summed E-state index contributed by atoms with van der Waals surface area (Å²) in [6, 6.07) is 25.9. The zero-order chi connectivity index (χ0) is 26.9. The summed E-state index contributed by atoms with van der Waals surface area (Å²) < 4.78 is 0. The second kappa shape index (κ2) is 10.5. The van der Waals surface area contributed by atoms with E-state index >= 15 is 0 Å². The van der Waals surface area contributed by atoms with E-state index in [9.17, 15) is 9.59 Å². The van der Waals surface area contributed by atoms with E-state index in [-0.39, 0.29) is 17.2 Å². The first-order chi connectivity index (χ1) is 18.2.